The van der Waals surface area contributed by atoms with E-state index < -0.39 is 0 Å². The van der Waals surface area contributed by atoms with E-state index in [0.29, 0.717) is 23.1 Å². The van der Waals surface area contributed by atoms with E-state index in [1.165, 1.54) is 5.56 Å². The molecule has 0 saturated carbocycles. The molecule has 2 aromatic heterocycles. The van der Waals surface area contributed by atoms with Crippen molar-refractivity contribution in [1.29, 1.82) is 0 Å². The van der Waals surface area contributed by atoms with Gasteiger partial charge in [-0.3, -0.25) is 4.98 Å². The van der Waals surface area contributed by atoms with Gasteiger partial charge in [0.1, 0.15) is 17.5 Å². The molecule has 0 unspecified atom stereocenters. The summed E-state index contributed by atoms with van der Waals surface area (Å²) in [4.78, 5) is 21.8. The number of aryl methyl sites for hydroxylation is 1. The van der Waals surface area contributed by atoms with Gasteiger partial charge in [0.2, 0.25) is 5.95 Å². The van der Waals surface area contributed by atoms with Gasteiger partial charge in [-0.2, -0.15) is 9.97 Å². The summed E-state index contributed by atoms with van der Waals surface area (Å²) in [6.45, 7) is 5.18. The standard InChI is InChI=1S/C19H22N8/c1-13-2-4-14(5-3-13)16-17(20)24-19(25-18(16)21)27-10-8-26(9-11-27)15-12-22-6-7-23-15/h2-7,12H,8-11H2,1H3,(H4,20,21,24,25). The molecule has 4 N–H and O–H groups in total. The third-order valence-corrected chi connectivity index (χ3v) is 4.73. The first kappa shape index (κ1) is 17.0. The van der Waals surface area contributed by atoms with Crippen LogP contribution >= 0.6 is 0 Å². The van der Waals surface area contributed by atoms with E-state index in [9.17, 15) is 0 Å². The molecule has 8 heteroatoms. The van der Waals surface area contributed by atoms with Crippen LogP contribution in [-0.4, -0.2) is 46.1 Å². The fourth-order valence-electron chi connectivity index (χ4n) is 3.23. The summed E-state index contributed by atoms with van der Waals surface area (Å²) >= 11 is 0. The Bertz CT molecular complexity index is 895. The third kappa shape index (κ3) is 3.46. The Morgan fingerprint density at radius 3 is 2.07 bits per heavy atom. The molecule has 1 aromatic carbocycles. The lowest BCUT2D eigenvalue weighted by Crippen LogP contribution is -2.47. The van der Waals surface area contributed by atoms with E-state index in [2.05, 4.69) is 29.7 Å². The van der Waals surface area contributed by atoms with E-state index in [1.807, 2.05) is 31.2 Å². The number of hydrogen-bond acceptors (Lipinski definition) is 8. The highest BCUT2D eigenvalue weighted by Crippen LogP contribution is 2.31. The SMILES string of the molecule is Cc1ccc(-c2c(N)nc(N3CCN(c4cnccn4)CC3)nc2N)cc1. The predicted octanol–water partition coefficient (Wildman–Crippen LogP) is 1.73. The van der Waals surface area contributed by atoms with Gasteiger partial charge in [-0.15, -0.1) is 0 Å². The van der Waals surface area contributed by atoms with Crippen LogP contribution < -0.4 is 21.3 Å². The summed E-state index contributed by atoms with van der Waals surface area (Å²) in [5.74, 6) is 2.25. The molecule has 138 valence electrons. The molecule has 0 spiro atoms. The van der Waals surface area contributed by atoms with Gasteiger partial charge >= 0.3 is 0 Å². The van der Waals surface area contributed by atoms with Crippen molar-refractivity contribution in [2.24, 2.45) is 0 Å². The summed E-state index contributed by atoms with van der Waals surface area (Å²) in [5.41, 5.74) is 15.3. The molecule has 1 saturated heterocycles. The molecule has 0 bridgehead atoms. The topological polar surface area (TPSA) is 110 Å². The van der Waals surface area contributed by atoms with Crippen LogP contribution in [0.5, 0.6) is 0 Å². The Morgan fingerprint density at radius 2 is 1.48 bits per heavy atom. The van der Waals surface area contributed by atoms with Gasteiger partial charge in [0.15, 0.2) is 0 Å². The van der Waals surface area contributed by atoms with E-state index >= 15 is 0 Å². The number of anilines is 4. The molecule has 1 aliphatic heterocycles. The molecule has 4 rings (SSSR count). The second-order valence-corrected chi connectivity index (χ2v) is 6.57. The maximum Gasteiger partial charge on any atom is 0.229 e. The minimum atomic E-state index is 0.401. The summed E-state index contributed by atoms with van der Waals surface area (Å²) in [5, 5.41) is 0. The van der Waals surface area contributed by atoms with Crippen LogP contribution in [0.4, 0.5) is 23.4 Å². The van der Waals surface area contributed by atoms with Gasteiger partial charge in [0, 0.05) is 38.6 Å². The van der Waals surface area contributed by atoms with Crippen molar-refractivity contribution in [2.75, 3.05) is 47.4 Å². The molecular formula is C19H22N8. The van der Waals surface area contributed by atoms with E-state index in [0.717, 1.165) is 37.6 Å². The maximum absolute atomic E-state index is 6.23. The summed E-state index contributed by atoms with van der Waals surface area (Å²) in [6.07, 6.45) is 5.16. The van der Waals surface area contributed by atoms with E-state index in [-0.39, 0.29) is 0 Å². The van der Waals surface area contributed by atoms with Gasteiger partial charge in [-0.05, 0) is 12.5 Å². The maximum atomic E-state index is 6.23. The Balaban J connectivity index is 1.53. The normalized spacial score (nSPS) is 14.4. The van der Waals surface area contributed by atoms with Crippen molar-refractivity contribution in [3.8, 4) is 11.1 Å². The lowest BCUT2D eigenvalue weighted by atomic mass is 10.1. The molecule has 0 radical (unpaired) electrons. The number of nitrogens with zero attached hydrogens (tertiary/aromatic N) is 6. The summed E-state index contributed by atoms with van der Waals surface area (Å²) in [6, 6.07) is 8.02. The Labute approximate surface area is 157 Å². The van der Waals surface area contributed by atoms with Crippen LogP contribution in [0.1, 0.15) is 5.56 Å². The van der Waals surface area contributed by atoms with Crippen molar-refractivity contribution in [3.05, 3.63) is 48.4 Å². The second kappa shape index (κ2) is 7.06. The number of aromatic nitrogens is 4. The van der Waals surface area contributed by atoms with Crippen molar-refractivity contribution < 1.29 is 0 Å². The van der Waals surface area contributed by atoms with Gasteiger partial charge in [0.05, 0.1) is 11.8 Å². The fraction of sp³-hybridized carbons (Fsp3) is 0.263. The van der Waals surface area contributed by atoms with E-state index in [1.54, 1.807) is 18.6 Å². The molecule has 3 heterocycles. The zero-order chi connectivity index (χ0) is 18.8. The van der Waals surface area contributed by atoms with Crippen LogP contribution in [0.3, 0.4) is 0 Å². The second-order valence-electron chi connectivity index (χ2n) is 6.57. The predicted molar refractivity (Wildman–Crippen MR) is 107 cm³/mol. The van der Waals surface area contributed by atoms with Gasteiger partial charge in [-0.25, -0.2) is 4.98 Å². The highest BCUT2D eigenvalue weighted by atomic mass is 15.3. The fourth-order valence-corrected chi connectivity index (χ4v) is 3.23. The number of hydrogen-bond donors (Lipinski definition) is 2. The third-order valence-electron chi connectivity index (χ3n) is 4.73. The van der Waals surface area contributed by atoms with Crippen LogP contribution in [0, 0.1) is 6.92 Å². The zero-order valence-electron chi connectivity index (χ0n) is 15.2. The molecule has 0 atom stereocenters. The van der Waals surface area contributed by atoms with Crippen molar-refractivity contribution in [3.63, 3.8) is 0 Å². The number of benzene rings is 1. The Morgan fingerprint density at radius 1 is 0.852 bits per heavy atom. The lowest BCUT2D eigenvalue weighted by molar-refractivity contribution is 0.634. The Hall–Kier alpha value is -3.42. The zero-order valence-corrected chi connectivity index (χ0v) is 15.2. The van der Waals surface area contributed by atoms with Crippen LogP contribution in [0.2, 0.25) is 0 Å². The first-order valence-corrected chi connectivity index (χ1v) is 8.88. The van der Waals surface area contributed by atoms with Crippen molar-refractivity contribution in [1.82, 2.24) is 19.9 Å². The summed E-state index contributed by atoms with van der Waals surface area (Å²) < 4.78 is 0. The smallest absolute Gasteiger partial charge is 0.229 e. The first-order chi connectivity index (χ1) is 13.1. The number of nitrogen functional groups attached to an aromatic ring is 2. The first-order valence-electron chi connectivity index (χ1n) is 8.88. The monoisotopic (exact) mass is 362 g/mol. The van der Waals surface area contributed by atoms with Crippen LogP contribution in [-0.2, 0) is 0 Å². The number of nitrogens with two attached hydrogens (primary N) is 2. The molecule has 8 nitrogen and oxygen atoms in total. The minimum Gasteiger partial charge on any atom is -0.383 e. The van der Waals surface area contributed by atoms with Gasteiger partial charge in [0.25, 0.3) is 0 Å². The Kier molecular flexibility index (Phi) is 4.45. The number of rotatable bonds is 3. The van der Waals surface area contributed by atoms with E-state index in [4.69, 9.17) is 11.5 Å². The highest BCUT2D eigenvalue weighted by Gasteiger charge is 2.22. The van der Waals surface area contributed by atoms with Crippen molar-refractivity contribution >= 4 is 23.4 Å². The average Bonchev–Trinajstić information content (AvgIpc) is 2.70. The summed E-state index contributed by atoms with van der Waals surface area (Å²) in [7, 11) is 0. The minimum absolute atomic E-state index is 0.401. The molecular weight excluding hydrogens is 340 g/mol. The van der Waals surface area contributed by atoms with Crippen LogP contribution in [0.15, 0.2) is 42.9 Å². The lowest BCUT2D eigenvalue weighted by Gasteiger charge is -2.35. The molecule has 1 aliphatic rings. The van der Waals surface area contributed by atoms with Gasteiger partial charge in [-0.1, -0.05) is 29.8 Å². The molecule has 27 heavy (non-hydrogen) atoms. The average molecular weight is 362 g/mol. The van der Waals surface area contributed by atoms with Crippen LogP contribution in [0.25, 0.3) is 11.1 Å². The number of piperazine rings is 1. The largest absolute Gasteiger partial charge is 0.383 e. The van der Waals surface area contributed by atoms with Gasteiger partial charge < -0.3 is 21.3 Å². The molecule has 1 fully saturated rings. The quantitative estimate of drug-likeness (QED) is 0.725. The highest BCUT2D eigenvalue weighted by molar-refractivity contribution is 5.83. The molecule has 0 amide bonds. The molecule has 0 aliphatic carbocycles. The van der Waals surface area contributed by atoms with Crippen molar-refractivity contribution in [2.45, 2.75) is 6.92 Å². The molecule has 3 aromatic rings.